The summed E-state index contributed by atoms with van der Waals surface area (Å²) >= 11 is 5.98. The molecule has 0 saturated carbocycles. The second-order valence-electron chi connectivity index (χ2n) is 6.73. The Bertz CT molecular complexity index is 1020. The minimum Gasteiger partial charge on any atom is -0.339 e. The number of hydrogen-bond donors (Lipinski definition) is 1. The zero-order valence-electron chi connectivity index (χ0n) is 15.2. The molecule has 0 amide bonds. The van der Waals surface area contributed by atoms with Crippen LogP contribution >= 0.6 is 11.6 Å². The van der Waals surface area contributed by atoms with E-state index in [4.69, 9.17) is 11.6 Å². The molecule has 1 heterocycles. The van der Waals surface area contributed by atoms with Crippen LogP contribution in [0, 0.1) is 6.92 Å². The highest BCUT2D eigenvalue weighted by molar-refractivity contribution is 8.00. The lowest BCUT2D eigenvalue weighted by Gasteiger charge is -2.10. The van der Waals surface area contributed by atoms with Crippen LogP contribution in [0.2, 0.25) is 5.02 Å². The number of hydrogen-bond acceptors (Lipinski definition) is 3. The number of sulfonamides is 1. The SMILES string of the molecule is CC1=C(c2ccc(C(C)C)cc2)S(=O)(=O)N=C1Nc1ccc(Cl)cc1C. The van der Waals surface area contributed by atoms with Gasteiger partial charge in [-0.25, -0.2) is 0 Å². The largest absolute Gasteiger partial charge is 0.339 e. The predicted octanol–water partition coefficient (Wildman–Crippen LogP) is 5.36. The van der Waals surface area contributed by atoms with Crippen LogP contribution in [0.3, 0.4) is 0 Å². The van der Waals surface area contributed by atoms with E-state index in [1.54, 1.807) is 13.0 Å². The third-order valence-corrected chi connectivity index (χ3v) is 6.16. The third-order valence-electron chi connectivity index (χ3n) is 4.45. The monoisotopic (exact) mass is 388 g/mol. The van der Waals surface area contributed by atoms with Crippen LogP contribution in [-0.4, -0.2) is 14.3 Å². The van der Waals surface area contributed by atoms with Crippen molar-refractivity contribution in [3.63, 3.8) is 0 Å². The van der Waals surface area contributed by atoms with Crippen molar-refractivity contribution in [1.29, 1.82) is 0 Å². The lowest BCUT2D eigenvalue weighted by molar-refractivity contribution is 0.608. The van der Waals surface area contributed by atoms with E-state index in [9.17, 15) is 8.42 Å². The summed E-state index contributed by atoms with van der Waals surface area (Å²) in [6.07, 6.45) is 0. The first-order valence-corrected chi connectivity index (χ1v) is 10.2. The first-order chi connectivity index (χ1) is 12.2. The van der Waals surface area contributed by atoms with Gasteiger partial charge in [0.2, 0.25) is 0 Å². The Morgan fingerprint density at radius 3 is 2.27 bits per heavy atom. The van der Waals surface area contributed by atoms with Crippen LogP contribution < -0.4 is 5.32 Å². The fraction of sp³-hybridized carbons (Fsp3) is 0.250. The summed E-state index contributed by atoms with van der Waals surface area (Å²) in [5.41, 5.74) is 4.12. The molecule has 3 rings (SSSR count). The van der Waals surface area contributed by atoms with Gasteiger partial charge in [-0.05, 0) is 54.7 Å². The molecule has 0 radical (unpaired) electrons. The summed E-state index contributed by atoms with van der Waals surface area (Å²) < 4.78 is 29.2. The molecule has 0 spiro atoms. The van der Waals surface area contributed by atoms with Gasteiger partial charge in [0, 0.05) is 16.3 Å². The number of amidine groups is 1. The summed E-state index contributed by atoms with van der Waals surface area (Å²) in [4.78, 5) is 0.252. The van der Waals surface area contributed by atoms with Gasteiger partial charge >= 0.3 is 0 Å². The summed E-state index contributed by atoms with van der Waals surface area (Å²) in [6.45, 7) is 7.88. The van der Waals surface area contributed by atoms with Crippen LogP contribution in [0.15, 0.2) is 52.4 Å². The van der Waals surface area contributed by atoms with Gasteiger partial charge in [0.25, 0.3) is 10.0 Å². The average Bonchev–Trinajstić information content (AvgIpc) is 2.79. The molecule has 4 nitrogen and oxygen atoms in total. The minimum atomic E-state index is -3.73. The van der Waals surface area contributed by atoms with Crippen molar-refractivity contribution >= 4 is 38.1 Å². The molecule has 0 saturated heterocycles. The van der Waals surface area contributed by atoms with E-state index in [0.717, 1.165) is 11.3 Å². The van der Waals surface area contributed by atoms with E-state index in [1.807, 2.05) is 43.3 Å². The van der Waals surface area contributed by atoms with Crippen LogP contribution in [0.4, 0.5) is 5.69 Å². The summed E-state index contributed by atoms with van der Waals surface area (Å²) in [5, 5.41) is 3.76. The molecule has 0 fully saturated rings. The minimum absolute atomic E-state index is 0.252. The summed E-state index contributed by atoms with van der Waals surface area (Å²) in [5.74, 6) is 0.735. The van der Waals surface area contributed by atoms with Crippen molar-refractivity contribution in [2.45, 2.75) is 33.6 Å². The molecule has 26 heavy (non-hydrogen) atoms. The number of halogens is 1. The van der Waals surface area contributed by atoms with Gasteiger partial charge in [-0.1, -0.05) is 49.7 Å². The highest BCUT2D eigenvalue weighted by Crippen LogP contribution is 2.34. The fourth-order valence-corrected chi connectivity index (χ4v) is 4.59. The zero-order valence-corrected chi connectivity index (χ0v) is 16.7. The van der Waals surface area contributed by atoms with Crippen molar-refractivity contribution in [1.82, 2.24) is 0 Å². The second kappa shape index (κ2) is 6.89. The van der Waals surface area contributed by atoms with E-state index in [0.29, 0.717) is 27.9 Å². The van der Waals surface area contributed by atoms with Gasteiger partial charge in [0.15, 0.2) is 0 Å². The van der Waals surface area contributed by atoms with E-state index in [-0.39, 0.29) is 4.91 Å². The molecular formula is C20H21ClN2O2S. The number of anilines is 1. The van der Waals surface area contributed by atoms with E-state index in [2.05, 4.69) is 23.6 Å². The Hall–Kier alpha value is -2.11. The standard InChI is InChI=1S/C20H21ClN2O2S/c1-12(2)15-5-7-16(8-6-15)19-14(4)20(23-26(19,24)25)22-18-10-9-17(21)11-13(18)3/h5-12H,1-4H3,(H,22,23). The third kappa shape index (κ3) is 3.55. The quantitative estimate of drug-likeness (QED) is 0.770. The van der Waals surface area contributed by atoms with Gasteiger partial charge in [-0.15, -0.1) is 4.40 Å². The normalized spacial score (nSPS) is 16.2. The second-order valence-corrected chi connectivity index (χ2v) is 8.71. The predicted molar refractivity (Wildman–Crippen MR) is 109 cm³/mol. The summed E-state index contributed by atoms with van der Waals surface area (Å²) in [6, 6.07) is 13.0. The maximum atomic E-state index is 12.6. The van der Waals surface area contributed by atoms with Gasteiger partial charge in [-0.2, -0.15) is 8.42 Å². The van der Waals surface area contributed by atoms with Crippen LogP contribution in [-0.2, 0) is 10.0 Å². The molecule has 6 heteroatoms. The molecule has 0 bridgehead atoms. The number of aryl methyl sites for hydroxylation is 1. The average molecular weight is 389 g/mol. The Balaban J connectivity index is 1.99. The van der Waals surface area contributed by atoms with Crippen LogP contribution in [0.1, 0.15) is 43.4 Å². The number of rotatable bonds is 3. The molecule has 0 atom stereocenters. The molecule has 2 aromatic rings. The van der Waals surface area contributed by atoms with Gasteiger partial charge in [-0.3, -0.25) is 0 Å². The maximum Gasteiger partial charge on any atom is 0.285 e. The molecule has 0 unspecified atom stereocenters. The van der Waals surface area contributed by atoms with Crippen molar-refractivity contribution < 1.29 is 8.42 Å². The van der Waals surface area contributed by atoms with Crippen molar-refractivity contribution in [3.8, 4) is 0 Å². The molecule has 1 aliphatic heterocycles. The van der Waals surface area contributed by atoms with Gasteiger partial charge in [0.1, 0.15) is 10.7 Å². The molecular weight excluding hydrogens is 368 g/mol. The van der Waals surface area contributed by atoms with Crippen LogP contribution in [0.25, 0.3) is 4.91 Å². The maximum absolute atomic E-state index is 12.6. The molecule has 2 aromatic carbocycles. The Kier molecular flexibility index (Phi) is 4.95. The number of nitrogens with zero attached hydrogens (tertiary/aromatic N) is 1. The first-order valence-electron chi connectivity index (χ1n) is 8.39. The van der Waals surface area contributed by atoms with Crippen molar-refractivity contribution in [3.05, 3.63) is 69.8 Å². The van der Waals surface area contributed by atoms with E-state index < -0.39 is 10.0 Å². The lowest BCUT2D eigenvalue weighted by Crippen LogP contribution is -2.12. The summed E-state index contributed by atoms with van der Waals surface area (Å²) in [7, 11) is -3.73. The molecule has 1 N–H and O–H groups in total. The molecule has 0 aromatic heterocycles. The van der Waals surface area contributed by atoms with Gasteiger partial charge in [0.05, 0.1) is 0 Å². The van der Waals surface area contributed by atoms with Crippen molar-refractivity contribution in [2.24, 2.45) is 4.40 Å². The van der Waals surface area contributed by atoms with Crippen LogP contribution in [0.5, 0.6) is 0 Å². The van der Waals surface area contributed by atoms with E-state index >= 15 is 0 Å². The highest BCUT2D eigenvalue weighted by atomic mass is 35.5. The first kappa shape index (κ1) is 18.7. The topological polar surface area (TPSA) is 58.5 Å². The Morgan fingerprint density at radius 1 is 1.04 bits per heavy atom. The molecule has 0 aliphatic carbocycles. The van der Waals surface area contributed by atoms with Gasteiger partial charge < -0.3 is 5.32 Å². The Labute approximate surface area is 159 Å². The number of nitrogens with one attached hydrogen (secondary N) is 1. The fourth-order valence-electron chi connectivity index (χ4n) is 2.93. The smallest absolute Gasteiger partial charge is 0.285 e. The number of benzene rings is 2. The van der Waals surface area contributed by atoms with E-state index in [1.165, 1.54) is 5.56 Å². The molecule has 136 valence electrons. The van der Waals surface area contributed by atoms with Crippen molar-refractivity contribution in [2.75, 3.05) is 5.32 Å². The highest BCUT2D eigenvalue weighted by Gasteiger charge is 2.31. The molecule has 1 aliphatic rings. The zero-order chi connectivity index (χ0) is 19.1. The Morgan fingerprint density at radius 2 is 1.69 bits per heavy atom. The lowest BCUT2D eigenvalue weighted by atomic mass is 10.0.